The second-order valence-electron chi connectivity index (χ2n) is 4.95. The van der Waals surface area contributed by atoms with Crippen LogP contribution in [0, 0.1) is 0 Å². The number of hydrogen-bond donors (Lipinski definition) is 1. The molecule has 1 N–H and O–H groups in total. The van der Waals surface area contributed by atoms with Gasteiger partial charge in [-0.2, -0.15) is 13.2 Å². The highest BCUT2D eigenvalue weighted by Gasteiger charge is 2.35. The lowest BCUT2D eigenvalue weighted by molar-refractivity contribution is -0.137. The van der Waals surface area contributed by atoms with E-state index in [9.17, 15) is 13.2 Å². The van der Waals surface area contributed by atoms with Crippen molar-refractivity contribution in [2.24, 2.45) is 0 Å². The summed E-state index contributed by atoms with van der Waals surface area (Å²) in [6, 6.07) is 4.46. The van der Waals surface area contributed by atoms with Crippen LogP contribution in [0.3, 0.4) is 0 Å². The Hall–Kier alpha value is -1.41. The number of benzene rings is 1. The van der Waals surface area contributed by atoms with Crippen LogP contribution in [0.4, 0.5) is 13.2 Å². The molecule has 4 nitrogen and oxygen atoms in total. The summed E-state index contributed by atoms with van der Waals surface area (Å²) in [6.45, 7) is 0.449. The van der Waals surface area contributed by atoms with Crippen LogP contribution in [0.15, 0.2) is 28.9 Å². The summed E-state index contributed by atoms with van der Waals surface area (Å²) in [5.41, 5.74) is -0.152. The quantitative estimate of drug-likeness (QED) is 0.909. The molecule has 1 aromatic carbocycles. The molecular formula is C13H12BrF3N4. The van der Waals surface area contributed by atoms with E-state index in [-0.39, 0.29) is 5.69 Å². The van der Waals surface area contributed by atoms with Gasteiger partial charge in [-0.05, 0) is 31.0 Å². The Bertz CT molecular complexity index is 649. The minimum absolute atomic E-state index is 0.0178. The number of alkyl halides is 3. The van der Waals surface area contributed by atoms with Crippen molar-refractivity contribution < 1.29 is 13.2 Å². The van der Waals surface area contributed by atoms with Crippen LogP contribution in [0.5, 0.6) is 0 Å². The van der Waals surface area contributed by atoms with Crippen LogP contribution >= 0.6 is 15.9 Å². The summed E-state index contributed by atoms with van der Waals surface area (Å²) >= 11 is 3.07. The SMILES string of the molecule is FC(F)(F)c1cc(Br)ccc1-n1nncc1CNC1CC1. The van der Waals surface area contributed by atoms with E-state index in [0.29, 0.717) is 22.8 Å². The van der Waals surface area contributed by atoms with Crippen LogP contribution in [0.2, 0.25) is 0 Å². The topological polar surface area (TPSA) is 42.7 Å². The van der Waals surface area contributed by atoms with Gasteiger partial charge in [-0.25, -0.2) is 4.68 Å². The van der Waals surface area contributed by atoms with Crippen molar-refractivity contribution in [2.45, 2.75) is 31.6 Å². The Morgan fingerprint density at radius 2 is 2.10 bits per heavy atom. The molecule has 0 aliphatic heterocycles. The third-order valence-electron chi connectivity index (χ3n) is 3.26. The molecule has 3 rings (SSSR count). The van der Waals surface area contributed by atoms with Crippen molar-refractivity contribution in [3.8, 4) is 5.69 Å². The van der Waals surface area contributed by atoms with Crippen LogP contribution in [-0.4, -0.2) is 21.0 Å². The molecule has 1 fully saturated rings. The van der Waals surface area contributed by atoms with Gasteiger partial charge in [-0.1, -0.05) is 21.1 Å². The molecule has 112 valence electrons. The van der Waals surface area contributed by atoms with Crippen LogP contribution in [0.25, 0.3) is 5.69 Å². The van der Waals surface area contributed by atoms with Crippen molar-refractivity contribution in [1.82, 2.24) is 20.3 Å². The fourth-order valence-electron chi connectivity index (χ4n) is 2.04. The molecule has 8 heteroatoms. The first kappa shape index (κ1) is 14.5. The number of halogens is 4. The largest absolute Gasteiger partial charge is 0.418 e. The Morgan fingerprint density at radius 1 is 1.33 bits per heavy atom. The number of nitrogens with zero attached hydrogens (tertiary/aromatic N) is 3. The fourth-order valence-corrected chi connectivity index (χ4v) is 2.40. The maximum absolute atomic E-state index is 13.2. The zero-order valence-corrected chi connectivity index (χ0v) is 12.4. The van der Waals surface area contributed by atoms with Gasteiger partial charge in [0.1, 0.15) is 0 Å². The Morgan fingerprint density at radius 3 is 2.76 bits per heavy atom. The zero-order chi connectivity index (χ0) is 15.0. The highest BCUT2D eigenvalue weighted by atomic mass is 79.9. The van der Waals surface area contributed by atoms with Crippen LogP contribution in [-0.2, 0) is 12.7 Å². The first-order valence-electron chi connectivity index (χ1n) is 6.45. The molecule has 0 spiro atoms. The molecule has 1 aliphatic carbocycles. The van der Waals surface area contributed by atoms with Gasteiger partial charge in [0.05, 0.1) is 23.1 Å². The average molecular weight is 361 g/mol. The van der Waals surface area contributed by atoms with Crippen molar-refractivity contribution in [3.05, 3.63) is 40.1 Å². The molecule has 1 aliphatic rings. The lowest BCUT2D eigenvalue weighted by Crippen LogP contribution is -2.19. The number of rotatable bonds is 4. The van der Waals surface area contributed by atoms with Gasteiger partial charge >= 0.3 is 6.18 Å². The molecule has 1 saturated carbocycles. The average Bonchev–Trinajstić information content (AvgIpc) is 3.13. The molecule has 0 atom stereocenters. The Labute approximate surface area is 127 Å². The molecule has 1 heterocycles. The molecule has 0 radical (unpaired) electrons. The van der Waals surface area contributed by atoms with Crippen molar-refractivity contribution in [3.63, 3.8) is 0 Å². The Kier molecular flexibility index (Phi) is 3.75. The zero-order valence-electron chi connectivity index (χ0n) is 10.9. The lowest BCUT2D eigenvalue weighted by atomic mass is 10.1. The summed E-state index contributed by atoms with van der Waals surface area (Å²) in [5.74, 6) is 0. The first-order chi connectivity index (χ1) is 9.95. The molecule has 21 heavy (non-hydrogen) atoms. The van der Waals surface area contributed by atoms with E-state index in [1.54, 1.807) is 6.07 Å². The predicted molar refractivity (Wildman–Crippen MR) is 73.9 cm³/mol. The minimum atomic E-state index is -4.45. The lowest BCUT2D eigenvalue weighted by Gasteiger charge is -2.14. The van der Waals surface area contributed by atoms with E-state index in [2.05, 4.69) is 31.6 Å². The van der Waals surface area contributed by atoms with E-state index in [1.807, 2.05) is 0 Å². The van der Waals surface area contributed by atoms with Gasteiger partial charge in [0.15, 0.2) is 0 Å². The van der Waals surface area contributed by atoms with E-state index < -0.39 is 11.7 Å². The molecule has 0 unspecified atom stereocenters. The first-order valence-corrected chi connectivity index (χ1v) is 7.24. The van der Waals surface area contributed by atoms with Crippen LogP contribution < -0.4 is 5.32 Å². The second kappa shape index (κ2) is 5.42. The second-order valence-corrected chi connectivity index (χ2v) is 5.87. The van der Waals surface area contributed by atoms with Gasteiger partial charge in [-0.3, -0.25) is 0 Å². The fraction of sp³-hybridized carbons (Fsp3) is 0.385. The third kappa shape index (κ3) is 3.26. The molecule has 1 aromatic heterocycles. The third-order valence-corrected chi connectivity index (χ3v) is 3.75. The summed E-state index contributed by atoms with van der Waals surface area (Å²) in [7, 11) is 0. The van der Waals surface area contributed by atoms with Gasteiger partial charge < -0.3 is 5.32 Å². The van der Waals surface area contributed by atoms with Gasteiger partial charge in [0.2, 0.25) is 0 Å². The maximum atomic E-state index is 13.2. The molecule has 0 bridgehead atoms. The highest BCUT2D eigenvalue weighted by molar-refractivity contribution is 9.10. The molecule has 0 amide bonds. The minimum Gasteiger partial charge on any atom is -0.308 e. The molecule has 0 saturated heterocycles. The smallest absolute Gasteiger partial charge is 0.308 e. The van der Waals surface area contributed by atoms with Gasteiger partial charge in [0.25, 0.3) is 0 Å². The summed E-state index contributed by atoms with van der Waals surface area (Å²) in [4.78, 5) is 0. The van der Waals surface area contributed by atoms with Crippen LogP contribution in [0.1, 0.15) is 24.1 Å². The van der Waals surface area contributed by atoms with Gasteiger partial charge in [-0.15, -0.1) is 5.10 Å². The summed E-state index contributed by atoms with van der Waals surface area (Å²) in [6.07, 6.45) is -0.759. The number of aromatic nitrogens is 3. The summed E-state index contributed by atoms with van der Waals surface area (Å²) < 4.78 is 41.1. The normalized spacial score (nSPS) is 15.4. The highest BCUT2D eigenvalue weighted by Crippen LogP contribution is 2.35. The summed E-state index contributed by atoms with van der Waals surface area (Å²) in [5, 5.41) is 10.8. The monoisotopic (exact) mass is 360 g/mol. The van der Waals surface area contributed by atoms with Crippen molar-refractivity contribution in [2.75, 3.05) is 0 Å². The Balaban J connectivity index is 1.98. The van der Waals surface area contributed by atoms with Gasteiger partial charge in [0, 0.05) is 17.1 Å². The number of nitrogens with one attached hydrogen (secondary N) is 1. The van der Waals surface area contributed by atoms with Crippen molar-refractivity contribution in [1.29, 1.82) is 0 Å². The van der Waals surface area contributed by atoms with E-state index >= 15 is 0 Å². The van der Waals surface area contributed by atoms with E-state index in [4.69, 9.17) is 0 Å². The van der Waals surface area contributed by atoms with E-state index in [0.717, 1.165) is 18.9 Å². The van der Waals surface area contributed by atoms with E-state index in [1.165, 1.54) is 16.9 Å². The molecular weight excluding hydrogens is 349 g/mol. The number of hydrogen-bond acceptors (Lipinski definition) is 3. The maximum Gasteiger partial charge on any atom is 0.418 e. The molecule has 2 aromatic rings. The standard InChI is InChI=1S/C13H12BrF3N4/c14-8-1-4-12(11(5-8)13(15,16)17)21-10(7-19-20-21)6-18-9-2-3-9/h1,4-5,7,9,18H,2-3,6H2. The van der Waals surface area contributed by atoms with Crippen molar-refractivity contribution >= 4 is 15.9 Å². The predicted octanol–water partition coefficient (Wildman–Crippen LogP) is 3.30.